The third kappa shape index (κ3) is 2.15. The van der Waals surface area contributed by atoms with Crippen molar-refractivity contribution in [2.45, 2.75) is 13.5 Å². The van der Waals surface area contributed by atoms with Gasteiger partial charge in [-0.25, -0.2) is 0 Å². The Morgan fingerprint density at radius 2 is 2.58 bits per heavy atom. The van der Waals surface area contributed by atoms with Crippen molar-refractivity contribution >= 4 is 11.6 Å². The highest BCUT2D eigenvalue weighted by Crippen LogP contribution is 2.11. The summed E-state index contributed by atoms with van der Waals surface area (Å²) in [5.41, 5.74) is 8.80. The largest absolute Gasteiger partial charge is 0.271 e. The minimum Gasteiger partial charge on any atom is -0.271 e. The standard InChI is InChI=1S/C6H8ClN5/c1-5-6(7)4-12(10-5)3-2-9-11-8/h4H,2-3H2,1H3. The molecule has 0 saturated heterocycles. The van der Waals surface area contributed by atoms with Gasteiger partial charge in [-0.15, -0.1) is 0 Å². The molecule has 0 aliphatic rings. The number of halogens is 1. The van der Waals surface area contributed by atoms with Crippen molar-refractivity contribution in [1.82, 2.24) is 9.78 Å². The molecule has 0 unspecified atom stereocenters. The Kier molecular flexibility index (Phi) is 2.96. The summed E-state index contributed by atoms with van der Waals surface area (Å²) in [6.45, 7) is 2.79. The van der Waals surface area contributed by atoms with E-state index in [0.29, 0.717) is 18.1 Å². The summed E-state index contributed by atoms with van der Waals surface area (Å²) in [4.78, 5) is 2.63. The Hall–Kier alpha value is -1.19. The molecule has 64 valence electrons. The lowest BCUT2D eigenvalue weighted by molar-refractivity contribution is 0.619. The van der Waals surface area contributed by atoms with Gasteiger partial charge in [0.15, 0.2) is 0 Å². The first-order valence-electron chi connectivity index (χ1n) is 3.44. The van der Waals surface area contributed by atoms with Crippen molar-refractivity contribution in [1.29, 1.82) is 0 Å². The minimum atomic E-state index is 0.397. The molecule has 0 radical (unpaired) electrons. The van der Waals surface area contributed by atoms with Crippen LogP contribution in [0.25, 0.3) is 10.4 Å². The van der Waals surface area contributed by atoms with Crippen LogP contribution in [0.4, 0.5) is 0 Å². The predicted molar refractivity (Wildman–Crippen MR) is 46.0 cm³/mol. The average Bonchev–Trinajstić information content (AvgIpc) is 2.32. The molecule has 1 heterocycles. The lowest BCUT2D eigenvalue weighted by Crippen LogP contribution is -2.00. The molecular weight excluding hydrogens is 178 g/mol. The van der Waals surface area contributed by atoms with E-state index in [1.165, 1.54) is 0 Å². The normalized spacial score (nSPS) is 9.50. The van der Waals surface area contributed by atoms with Gasteiger partial charge >= 0.3 is 0 Å². The molecule has 0 aliphatic heterocycles. The molecular formula is C6H8ClN5. The number of nitrogens with zero attached hydrogens (tertiary/aromatic N) is 5. The summed E-state index contributed by atoms with van der Waals surface area (Å²) < 4.78 is 1.66. The van der Waals surface area contributed by atoms with E-state index in [1.807, 2.05) is 6.92 Å². The number of hydrogen-bond acceptors (Lipinski definition) is 2. The summed E-state index contributed by atoms with van der Waals surface area (Å²) in [5.74, 6) is 0. The second-order valence-electron chi connectivity index (χ2n) is 2.28. The smallest absolute Gasteiger partial charge is 0.0814 e. The van der Waals surface area contributed by atoms with Gasteiger partial charge < -0.3 is 0 Å². The SMILES string of the molecule is Cc1nn(CCN=[N+]=[N-])cc1Cl. The van der Waals surface area contributed by atoms with Crippen LogP contribution in [0.3, 0.4) is 0 Å². The molecule has 0 fully saturated rings. The molecule has 0 aromatic carbocycles. The van der Waals surface area contributed by atoms with Gasteiger partial charge in [-0.1, -0.05) is 16.7 Å². The molecule has 0 spiro atoms. The van der Waals surface area contributed by atoms with E-state index in [4.69, 9.17) is 17.1 Å². The minimum absolute atomic E-state index is 0.397. The van der Waals surface area contributed by atoms with Crippen LogP contribution in [0.2, 0.25) is 5.02 Å². The Labute approximate surface area is 74.6 Å². The fraction of sp³-hybridized carbons (Fsp3) is 0.500. The first-order chi connectivity index (χ1) is 5.74. The summed E-state index contributed by atoms with van der Waals surface area (Å²) in [6.07, 6.45) is 1.71. The Morgan fingerprint density at radius 3 is 3.08 bits per heavy atom. The number of aromatic nitrogens is 2. The molecule has 1 rings (SSSR count). The number of azide groups is 1. The van der Waals surface area contributed by atoms with E-state index in [9.17, 15) is 0 Å². The second-order valence-corrected chi connectivity index (χ2v) is 2.69. The molecule has 1 aromatic heterocycles. The van der Waals surface area contributed by atoms with Crippen LogP contribution in [0.5, 0.6) is 0 Å². The van der Waals surface area contributed by atoms with Crippen LogP contribution >= 0.6 is 11.6 Å². The number of rotatable bonds is 3. The van der Waals surface area contributed by atoms with Crippen molar-refractivity contribution in [3.05, 3.63) is 27.4 Å². The van der Waals surface area contributed by atoms with Crippen LogP contribution in [-0.4, -0.2) is 16.3 Å². The lowest BCUT2D eigenvalue weighted by Gasteiger charge is -1.93. The van der Waals surface area contributed by atoms with Crippen molar-refractivity contribution in [3.63, 3.8) is 0 Å². The molecule has 12 heavy (non-hydrogen) atoms. The average molecular weight is 186 g/mol. The topological polar surface area (TPSA) is 66.6 Å². The first-order valence-corrected chi connectivity index (χ1v) is 3.82. The van der Waals surface area contributed by atoms with E-state index < -0.39 is 0 Å². The molecule has 6 heteroatoms. The fourth-order valence-corrected chi connectivity index (χ4v) is 0.950. The van der Waals surface area contributed by atoms with Crippen LogP contribution < -0.4 is 0 Å². The third-order valence-electron chi connectivity index (χ3n) is 1.38. The molecule has 0 amide bonds. The van der Waals surface area contributed by atoms with Gasteiger partial charge in [-0.05, 0) is 12.5 Å². The fourth-order valence-electron chi connectivity index (χ4n) is 0.800. The molecule has 1 aromatic rings. The van der Waals surface area contributed by atoms with Gasteiger partial charge in [0.2, 0.25) is 0 Å². The highest BCUT2D eigenvalue weighted by atomic mass is 35.5. The molecule has 0 atom stereocenters. The second kappa shape index (κ2) is 3.99. The maximum Gasteiger partial charge on any atom is 0.0814 e. The highest BCUT2D eigenvalue weighted by molar-refractivity contribution is 6.31. The highest BCUT2D eigenvalue weighted by Gasteiger charge is 1.99. The van der Waals surface area contributed by atoms with Crippen LogP contribution in [0.1, 0.15) is 5.69 Å². The Morgan fingerprint density at radius 1 is 1.83 bits per heavy atom. The summed E-state index contributed by atoms with van der Waals surface area (Å²) in [7, 11) is 0. The zero-order chi connectivity index (χ0) is 8.97. The van der Waals surface area contributed by atoms with Gasteiger partial charge in [0.25, 0.3) is 0 Å². The Bertz CT molecular complexity index is 292. The molecule has 0 bridgehead atoms. The van der Waals surface area contributed by atoms with E-state index in [2.05, 4.69) is 15.1 Å². The monoisotopic (exact) mass is 185 g/mol. The van der Waals surface area contributed by atoms with Crippen molar-refractivity contribution in [3.8, 4) is 0 Å². The quantitative estimate of drug-likeness (QED) is 0.404. The summed E-state index contributed by atoms with van der Waals surface area (Å²) in [6, 6.07) is 0. The molecule has 5 nitrogen and oxygen atoms in total. The zero-order valence-electron chi connectivity index (χ0n) is 6.61. The lowest BCUT2D eigenvalue weighted by atomic mass is 10.5. The summed E-state index contributed by atoms with van der Waals surface area (Å²) in [5, 5.41) is 8.10. The van der Waals surface area contributed by atoms with E-state index in [1.54, 1.807) is 10.9 Å². The Balaban J connectivity index is 2.58. The zero-order valence-corrected chi connectivity index (χ0v) is 7.36. The van der Waals surface area contributed by atoms with Crippen molar-refractivity contribution in [2.24, 2.45) is 5.11 Å². The van der Waals surface area contributed by atoms with Crippen LogP contribution in [0, 0.1) is 6.92 Å². The van der Waals surface area contributed by atoms with Crippen LogP contribution in [0.15, 0.2) is 11.3 Å². The number of aryl methyl sites for hydroxylation is 1. The predicted octanol–water partition coefficient (Wildman–Crippen LogP) is 2.16. The number of hydrogen-bond donors (Lipinski definition) is 0. The van der Waals surface area contributed by atoms with E-state index in [0.717, 1.165) is 5.69 Å². The molecule has 0 aliphatic carbocycles. The third-order valence-corrected chi connectivity index (χ3v) is 1.75. The van der Waals surface area contributed by atoms with Crippen molar-refractivity contribution < 1.29 is 0 Å². The molecule has 0 saturated carbocycles. The van der Waals surface area contributed by atoms with Gasteiger partial charge in [-0.2, -0.15) is 5.10 Å². The molecule has 0 N–H and O–H groups in total. The van der Waals surface area contributed by atoms with E-state index in [-0.39, 0.29) is 0 Å². The first kappa shape index (κ1) is 8.90. The van der Waals surface area contributed by atoms with E-state index >= 15 is 0 Å². The van der Waals surface area contributed by atoms with Gasteiger partial charge in [0, 0.05) is 24.2 Å². The van der Waals surface area contributed by atoms with Gasteiger partial charge in [0.05, 0.1) is 10.7 Å². The van der Waals surface area contributed by atoms with Crippen molar-refractivity contribution in [2.75, 3.05) is 6.54 Å². The maximum absolute atomic E-state index is 8.01. The van der Waals surface area contributed by atoms with Gasteiger partial charge in [0.1, 0.15) is 0 Å². The van der Waals surface area contributed by atoms with Gasteiger partial charge in [-0.3, -0.25) is 4.68 Å². The van der Waals surface area contributed by atoms with Crippen LogP contribution in [-0.2, 0) is 6.54 Å². The maximum atomic E-state index is 8.01. The summed E-state index contributed by atoms with van der Waals surface area (Å²) >= 11 is 5.76.